The van der Waals surface area contributed by atoms with Crippen molar-refractivity contribution in [2.45, 2.75) is 24.5 Å². The van der Waals surface area contributed by atoms with E-state index in [1.165, 1.54) is 12.0 Å². The summed E-state index contributed by atoms with van der Waals surface area (Å²) in [5.74, 6) is -4.77. The van der Waals surface area contributed by atoms with Gasteiger partial charge >= 0.3 is 11.9 Å². The van der Waals surface area contributed by atoms with Crippen molar-refractivity contribution < 1.29 is 29.0 Å². The maximum atomic E-state index is 14.3. The van der Waals surface area contributed by atoms with E-state index in [9.17, 15) is 24.3 Å². The molecule has 7 rings (SSSR count). The number of para-hydroxylation sites is 1. The number of nitrogens with one attached hydrogen (secondary N) is 2. The third-order valence-electron chi connectivity index (χ3n) is 9.55. The second kappa shape index (κ2) is 12.4. The van der Waals surface area contributed by atoms with E-state index in [0.717, 1.165) is 27.6 Å². The van der Waals surface area contributed by atoms with Gasteiger partial charge in [0.15, 0.2) is 0 Å². The number of carboxylic acids is 1. The van der Waals surface area contributed by atoms with Gasteiger partial charge in [0.05, 0.1) is 31.1 Å². The van der Waals surface area contributed by atoms with Crippen molar-refractivity contribution in [1.82, 2.24) is 15.2 Å². The predicted octanol–water partition coefficient (Wildman–Crippen LogP) is 5.64. The molecule has 5 aromatic rings. The second-order valence-electron chi connectivity index (χ2n) is 12.3. The standard InChI is InChI=1S/C39H33N3O6/c1-48-37(45)28-19-15-26(16-20-28)23-42-35(43)32-33(36(42)44)39(38(46)47,21-29-22-40-31-10-6-5-9-30(29)31)41-34(32)27-17-13-25(14-18-27)12-11-24-7-3-2-4-8-24/h2-20,22,32-34,40-41H,21,23H2,1H3,(H,46,47). The van der Waals surface area contributed by atoms with Crippen LogP contribution in [-0.2, 0) is 32.1 Å². The van der Waals surface area contributed by atoms with Crippen LogP contribution in [0.1, 0.15) is 44.2 Å². The fourth-order valence-corrected chi connectivity index (χ4v) is 7.14. The number of hydrogen-bond acceptors (Lipinski definition) is 6. The topological polar surface area (TPSA) is 129 Å². The van der Waals surface area contributed by atoms with Gasteiger partial charge < -0.3 is 14.8 Å². The van der Waals surface area contributed by atoms with Gasteiger partial charge in [0.25, 0.3) is 0 Å². The minimum Gasteiger partial charge on any atom is -0.480 e. The molecule has 4 unspecified atom stereocenters. The summed E-state index contributed by atoms with van der Waals surface area (Å²) in [7, 11) is 1.29. The minimum absolute atomic E-state index is 0.0113. The highest BCUT2D eigenvalue weighted by molar-refractivity contribution is 6.09. The smallest absolute Gasteiger partial charge is 0.337 e. The molecule has 0 aliphatic carbocycles. The Kier molecular flexibility index (Phi) is 7.98. The van der Waals surface area contributed by atoms with Crippen molar-refractivity contribution in [3.63, 3.8) is 0 Å². The van der Waals surface area contributed by atoms with Crippen LogP contribution in [0.15, 0.2) is 109 Å². The van der Waals surface area contributed by atoms with E-state index in [-0.39, 0.29) is 13.0 Å². The molecular weight excluding hydrogens is 606 g/mol. The van der Waals surface area contributed by atoms with Crippen LogP contribution < -0.4 is 5.32 Å². The molecule has 2 fully saturated rings. The Morgan fingerprint density at radius 2 is 1.52 bits per heavy atom. The van der Waals surface area contributed by atoms with Gasteiger partial charge in [-0.2, -0.15) is 0 Å². The van der Waals surface area contributed by atoms with Crippen LogP contribution in [0.3, 0.4) is 0 Å². The first-order valence-corrected chi connectivity index (χ1v) is 15.7. The Hall–Kier alpha value is -5.80. The van der Waals surface area contributed by atoms with E-state index in [4.69, 9.17) is 4.74 Å². The fourth-order valence-electron chi connectivity index (χ4n) is 7.14. The molecule has 2 saturated heterocycles. The Balaban J connectivity index is 1.25. The first kappa shape index (κ1) is 30.8. The van der Waals surface area contributed by atoms with Gasteiger partial charge in [-0.1, -0.05) is 97.1 Å². The fraction of sp³-hybridized carbons (Fsp3) is 0.179. The molecule has 9 nitrogen and oxygen atoms in total. The number of aromatic amines is 1. The van der Waals surface area contributed by atoms with Crippen molar-refractivity contribution in [3.05, 3.63) is 143 Å². The monoisotopic (exact) mass is 639 g/mol. The molecule has 3 heterocycles. The number of hydrogen-bond donors (Lipinski definition) is 3. The van der Waals surface area contributed by atoms with E-state index in [1.54, 1.807) is 30.5 Å². The first-order chi connectivity index (χ1) is 23.3. The number of likely N-dealkylation sites (tertiary alicyclic amines) is 1. The maximum absolute atomic E-state index is 14.3. The third-order valence-corrected chi connectivity index (χ3v) is 9.55. The van der Waals surface area contributed by atoms with Gasteiger partial charge in [0.1, 0.15) is 5.54 Å². The molecule has 0 spiro atoms. The number of carbonyl (C=O) groups is 4. The van der Waals surface area contributed by atoms with Crippen molar-refractivity contribution >= 4 is 46.8 Å². The number of carbonyl (C=O) groups excluding carboxylic acids is 3. The molecule has 240 valence electrons. The number of imide groups is 1. The lowest BCUT2D eigenvalue weighted by Crippen LogP contribution is -2.57. The Bertz CT molecular complexity index is 2050. The number of aromatic nitrogens is 1. The van der Waals surface area contributed by atoms with E-state index in [1.807, 2.05) is 91.0 Å². The van der Waals surface area contributed by atoms with Crippen LogP contribution in [-0.4, -0.2) is 51.4 Å². The number of nitrogens with zero attached hydrogens (tertiary/aromatic N) is 1. The Morgan fingerprint density at radius 1 is 0.854 bits per heavy atom. The van der Waals surface area contributed by atoms with Crippen molar-refractivity contribution in [1.29, 1.82) is 0 Å². The van der Waals surface area contributed by atoms with Gasteiger partial charge in [-0.05, 0) is 46.0 Å². The molecule has 0 saturated carbocycles. The highest BCUT2D eigenvalue weighted by atomic mass is 16.5. The molecular formula is C39H33N3O6. The van der Waals surface area contributed by atoms with Crippen LogP contribution in [0.4, 0.5) is 0 Å². The highest BCUT2D eigenvalue weighted by Gasteiger charge is 2.68. The van der Waals surface area contributed by atoms with Gasteiger partial charge in [-0.25, -0.2) is 4.79 Å². The summed E-state index contributed by atoms with van der Waals surface area (Å²) in [4.78, 5) is 58.3. The number of benzene rings is 4. The lowest BCUT2D eigenvalue weighted by atomic mass is 9.76. The van der Waals surface area contributed by atoms with Crippen molar-refractivity contribution in [2.24, 2.45) is 11.8 Å². The summed E-state index contributed by atoms with van der Waals surface area (Å²) in [6.07, 6.45) is 5.75. The molecule has 48 heavy (non-hydrogen) atoms. The molecule has 2 aliphatic rings. The van der Waals surface area contributed by atoms with Crippen molar-refractivity contribution in [2.75, 3.05) is 7.11 Å². The summed E-state index contributed by atoms with van der Waals surface area (Å²) < 4.78 is 4.78. The maximum Gasteiger partial charge on any atom is 0.337 e. The van der Waals surface area contributed by atoms with Gasteiger partial charge in [0.2, 0.25) is 11.8 Å². The number of methoxy groups -OCH3 is 1. The summed E-state index contributed by atoms with van der Waals surface area (Å²) in [5.41, 5.74) is 3.50. The summed E-state index contributed by atoms with van der Waals surface area (Å²) in [6.45, 7) is -0.0508. The first-order valence-electron chi connectivity index (χ1n) is 15.7. The molecule has 0 bridgehead atoms. The molecule has 0 radical (unpaired) electrons. The van der Waals surface area contributed by atoms with E-state index >= 15 is 0 Å². The van der Waals surface area contributed by atoms with E-state index < -0.39 is 47.2 Å². The average molecular weight is 640 g/mol. The van der Waals surface area contributed by atoms with Crippen LogP contribution in [0.2, 0.25) is 0 Å². The number of H-pyrrole nitrogens is 1. The molecule has 3 N–H and O–H groups in total. The SMILES string of the molecule is COC(=O)c1ccc(CN2C(=O)C3C(c4ccc(C=Cc5ccccc5)cc4)NC(Cc4c[nH]c5ccccc45)(C(=O)O)C3C2=O)cc1. The highest BCUT2D eigenvalue weighted by Crippen LogP contribution is 2.50. The zero-order chi connectivity index (χ0) is 33.4. The van der Waals surface area contributed by atoms with Gasteiger partial charge in [0, 0.05) is 29.6 Å². The summed E-state index contributed by atoms with van der Waals surface area (Å²) in [6, 6.07) is 30.9. The number of rotatable bonds is 9. The quantitative estimate of drug-likeness (QED) is 0.108. The molecule has 9 heteroatoms. The zero-order valence-electron chi connectivity index (χ0n) is 26.1. The number of amides is 2. The van der Waals surface area contributed by atoms with Gasteiger partial charge in [-0.15, -0.1) is 0 Å². The van der Waals surface area contributed by atoms with E-state index in [2.05, 4.69) is 10.3 Å². The predicted molar refractivity (Wildman–Crippen MR) is 180 cm³/mol. The number of carboxylic acid groups (broad SMARTS) is 1. The van der Waals surface area contributed by atoms with Crippen LogP contribution >= 0.6 is 0 Å². The zero-order valence-corrected chi connectivity index (χ0v) is 26.1. The molecule has 4 atom stereocenters. The lowest BCUT2D eigenvalue weighted by Gasteiger charge is -2.31. The van der Waals surface area contributed by atoms with E-state index in [0.29, 0.717) is 16.7 Å². The van der Waals surface area contributed by atoms with Crippen LogP contribution in [0, 0.1) is 11.8 Å². The molecule has 4 aromatic carbocycles. The van der Waals surface area contributed by atoms with Crippen LogP contribution in [0.5, 0.6) is 0 Å². The normalized spacial score (nSPS) is 22.0. The second-order valence-corrected chi connectivity index (χ2v) is 12.3. The Morgan fingerprint density at radius 3 is 2.21 bits per heavy atom. The third kappa shape index (κ3) is 5.38. The number of aliphatic carboxylic acids is 1. The molecule has 1 aromatic heterocycles. The minimum atomic E-state index is -1.76. The number of fused-ring (bicyclic) bond motifs is 2. The molecule has 2 amide bonds. The van der Waals surface area contributed by atoms with Gasteiger partial charge in [-0.3, -0.25) is 24.6 Å². The Labute approximate surface area is 276 Å². The van der Waals surface area contributed by atoms with Crippen molar-refractivity contribution in [3.8, 4) is 0 Å². The molecule has 2 aliphatic heterocycles. The summed E-state index contributed by atoms with van der Waals surface area (Å²) >= 11 is 0. The number of ether oxygens (including phenoxy) is 1. The summed E-state index contributed by atoms with van der Waals surface area (Å²) in [5, 5.41) is 15.1. The largest absolute Gasteiger partial charge is 0.480 e. The van der Waals surface area contributed by atoms with Crippen LogP contribution in [0.25, 0.3) is 23.1 Å². The number of esters is 1. The average Bonchev–Trinajstić information content (AvgIpc) is 3.76. The lowest BCUT2D eigenvalue weighted by molar-refractivity contribution is -0.151.